The van der Waals surface area contributed by atoms with Gasteiger partial charge >= 0.3 is 0 Å². The number of nitrogens with zero attached hydrogens (tertiary/aromatic N) is 1. The van der Waals surface area contributed by atoms with Gasteiger partial charge in [0.15, 0.2) is 5.60 Å². The van der Waals surface area contributed by atoms with Crippen LogP contribution in [0.1, 0.15) is 11.1 Å². The largest absolute Gasteiger partial charge is 0.372 e. The van der Waals surface area contributed by atoms with Crippen LogP contribution in [0, 0.1) is 12.3 Å². The van der Waals surface area contributed by atoms with E-state index in [4.69, 9.17) is 6.42 Å². The van der Waals surface area contributed by atoms with E-state index in [9.17, 15) is 9.90 Å². The van der Waals surface area contributed by atoms with E-state index < -0.39 is 11.5 Å². The first-order valence-electron chi connectivity index (χ1n) is 7.42. The third-order valence-electron chi connectivity index (χ3n) is 4.42. The number of rotatable bonds is 2. The summed E-state index contributed by atoms with van der Waals surface area (Å²) in [6, 6.07) is 13.0. The number of hydrogen-bond acceptors (Lipinski definition) is 2. The summed E-state index contributed by atoms with van der Waals surface area (Å²) in [7, 11) is 0. The highest BCUT2D eigenvalue weighted by atomic mass is 79.9. The Balaban J connectivity index is 2.02. The van der Waals surface area contributed by atoms with Gasteiger partial charge in [-0.3, -0.25) is 9.69 Å². The first-order valence-corrected chi connectivity index (χ1v) is 8.21. The fraction of sp³-hybridized carbons (Fsp3) is 0.105. The van der Waals surface area contributed by atoms with Gasteiger partial charge in [-0.2, -0.15) is 0 Å². The molecule has 0 bridgehead atoms. The second-order valence-electron chi connectivity index (χ2n) is 5.72. The molecule has 4 nitrogen and oxygen atoms in total. The number of nitrogens with one attached hydrogen (secondary N) is 1. The van der Waals surface area contributed by atoms with E-state index in [1.165, 1.54) is 4.90 Å². The molecule has 1 amide bonds. The maximum absolute atomic E-state index is 13.1. The van der Waals surface area contributed by atoms with Gasteiger partial charge in [0.2, 0.25) is 0 Å². The molecule has 0 saturated heterocycles. The van der Waals surface area contributed by atoms with Crippen LogP contribution in [-0.2, 0) is 10.4 Å². The van der Waals surface area contributed by atoms with E-state index in [2.05, 4.69) is 26.8 Å². The van der Waals surface area contributed by atoms with Crippen molar-refractivity contribution in [2.45, 2.75) is 5.60 Å². The number of hydrogen-bond donors (Lipinski definition) is 2. The van der Waals surface area contributed by atoms with Crippen LogP contribution in [-0.4, -0.2) is 22.5 Å². The van der Waals surface area contributed by atoms with Crippen LogP contribution in [0.4, 0.5) is 5.69 Å². The van der Waals surface area contributed by atoms with Crippen LogP contribution in [0.5, 0.6) is 0 Å². The van der Waals surface area contributed by atoms with E-state index >= 15 is 0 Å². The number of aromatic amines is 1. The Morgan fingerprint density at radius 2 is 2.04 bits per heavy atom. The fourth-order valence-corrected chi connectivity index (χ4v) is 3.69. The van der Waals surface area contributed by atoms with Gasteiger partial charge < -0.3 is 10.1 Å². The zero-order valence-electron chi connectivity index (χ0n) is 12.6. The van der Waals surface area contributed by atoms with Gasteiger partial charge in [0, 0.05) is 32.7 Å². The number of para-hydroxylation sites is 1. The molecule has 0 fully saturated rings. The number of halogens is 1. The molecule has 5 heteroatoms. The Labute approximate surface area is 147 Å². The highest BCUT2D eigenvalue weighted by molar-refractivity contribution is 9.10. The van der Waals surface area contributed by atoms with Crippen molar-refractivity contribution in [1.82, 2.24) is 4.98 Å². The Morgan fingerprint density at radius 3 is 2.83 bits per heavy atom. The molecule has 118 valence electrons. The molecule has 0 radical (unpaired) electrons. The van der Waals surface area contributed by atoms with Gasteiger partial charge in [0.25, 0.3) is 5.91 Å². The van der Waals surface area contributed by atoms with Crippen molar-refractivity contribution in [3.8, 4) is 12.3 Å². The summed E-state index contributed by atoms with van der Waals surface area (Å²) in [5, 5.41) is 12.3. The molecule has 0 unspecified atom stereocenters. The van der Waals surface area contributed by atoms with Crippen molar-refractivity contribution in [1.29, 1.82) is 0 Å². The monoisotopic (exact) mass is 380 g/mol. The predicted molar refractivity (Wildman–Crippen MR) is 96.6 cm³/mol. The van der Waals surface area contributed by atoms with Crippen molar-refractivity contribution in [3.63, 3.8) is 0 Å². The second kappa shape index (κ2) is 5.23. The van der Waals surface area contributed by atoms with Gasteiger partial charge in [0.1, 0.15) is 0 Å². The van der Waals surface area contributed by atoms with Crippen molar-refractivity contribution in [3.05, 3.63) is 64.3 Å². The number of amides is 1. The number of anilines is 1. The lowest BCUT2D eigenvalue weighted by Crippen LogP contribution is -2.41. The minimum Gasteiger partial charge on any atom is -0.372 e. The Hall–Kier alpha value is -2.55. The number of terminal acetylenes is 1. The molecule has 2 heterocycles. The van der Waals surface area contributed by atoms with E-state index in [-0.39, 0.29) is 6.54 Å². The van der Waals surface area contributed by atoms with Crippen molar-refractivity contribution < 1.29 is 9.90 Å². The van der Waals surface area contributed by atoms with E-state index in [0.29, 0.717) is 16.8 Å². The molecule has 3 aromatic rings. The van der Waals surface area contributed by atoms with Crippen molar-refractivity contribution in [2.75, 3.05) is 11.4 Å². The summed E-state index contributed by atoms with van der Waals surface area (Å²) in [4.78, 5) is 17.6. The Kier molecular flexibility index (Phi) is 3.27. The number of aliphatic hydroxyl groups is 1. The second-order valence-corrected chi connectivity index (χ2v) is 6.63. The lowest BCUT2D eigenvalue weighted by molar-refractivity contribution is -0.131. The molecule has 24 heavy (non-hydrogen) atoms. The average Bonchev–Trinajstić information content (AvgIpc) is 3.10. The van der Waals surface area contributed by atoms with Gasteiger partial charge in [-0.1, -0.05) is 40.0 Å². The Bertz CT molecular complexity index is 1020. The summed E-state index contributed by atoms with van der Waals surface area (Å²) in [5.41, 5.74) is 0.786. The molecule has 1 aliphatic heterocycles. The normalized spacial score (nSPS) is 19.5. The van der Waals surface area contributed by atoms with Crippen molar-refractivity contribution in [2.24, 2.45) is 0 Å². The van der Waals surface area contributed by atoms with Crippen LogP contribution in [0.25, 0.3) is 10.9 Å². The first kappa shape index (κ1) is 15.0. The molecule has 2 aromatic carbocycles. The average molecular weight is 381 g/mol. The van der Waals surface area contributed by atoms with Gasteiger partial charge in [0.05, 0.1) is 12.2 Å². The summed E-state index contributed by atoms with van der Waals surface area (Å²) >= 11 is 3.42. The van der Waals surface area contributed by atoms with Crippen LogP contribution in [0.2, 0.25) is 0 Å². The van der Waals surface area contributed by atoms with Crippen LogP contribution >= 0.6 is 15.9 Å². The molecule has 0 aliphatic carbocycles. The van der Waals surface area contributed by atoms with Crippen LogP contribution in [0.15, 0.2) is 53.1 Å². The van der Waals surface area contributed by atoms with Crippen LogP contribution < -0.4 is 4.90 Å². The lowest BCUT2D eigenvalue weighted by atomic mass is 9.87. The number of aromatic nitrogens is 1. The third kappa shape index (κ3) is 1.87. The van der Waals surface area contributed by atoms with Crippen LogP contribution in [0.3, 0.4) is 0 Å². The SMILES string of the molecule is C#CCN1C(=O)[C@@](O)(c2c[nH]c3ccccc23)c2cc(Br)ccc21. The number of carbonyl (C=O) groups is 1. The first-order chi connectivity index (χ1) is 11.6. The van der Waals surface area contributed by atoms with E-state index in [1.54, 1.807) is 18.3 Å². The zero-order chi connectivity index (χ0) is 16.9. The summed E-state index contributed by atoms with van der Waals surface area (Å²) in [6.45, 7) is 0.109. The van der Waals surface area contributed by atoms with Gasteiger partial charge in [-0.25, -0.2) is 0 Å². The minimum atomic E-state index is -1.77. The summed E-state index contributed by atoms with van der Waals surface area (Å²) in [6.07, 6.45) is 7.10. The number of H-pyrrole nitrogens is 1. The molecule has 4 rings (SSSR count). The Morgan fingerprint density at radius 1 is 1.25 bits per heavy atom. The molecule has 1 aromatic heterocycles. The number of benzene rings is 2. The summed E-state index contributed by atoms with van der Waals surface area (Å²) < 4.78 is 0.787. The quantitative estimate of drug-likeness (QED) is 0.671. The topological polar surface area (TPSA) is 56.3 Å². The van der Waals surface area contributed by atoms with E-state index in [1.807, 2.05) is 30.3 Å². The molecule has 0 saturated carbocycles. The molecular weight excluding hydrogens is 368 g/mol. The third-order valence-corrected chi connectivity index (χ3v) is 4.92. The molecular formula is C19H13BrN2O2. The number of carbonyl (C=O) groups excluding carboxylic acids is 1. The summed E-state index contributed by atoms with van der Waals surface area (Å²) in [5.74, 6) is 2.06. The maximum Gasteiger partial charge on any atom is 0.269 e. The van der Waals surface area contributed by atoms with Gasteiger partial charge in [-0.15, -0.1) is 6.42 Å². The molecule has 0 spiro atoms. The van der Waals surface area contributed by atoms with E-state index in [0.717, 1.165) is 15.4 Å². The van der Waals surface area contributed by atoms with Crippen molar-refractivity contribution >= 4 is 38.4 Å². The maximum atomic E-state index is 13.1. The highest BCUT2D eigenvalue weighted by Crippen LogP contribution is 2.47. The predicted octanol–water partition coefficient (Wildman–Crippen LogP) is 3.15. The highest BCUT2D eigenvalue weighted by Gasteiger charge is 2.52. The smallest absolute Gasteiger partial charge is 0.269 e. The molecule has 1 aliphatic rings. The fourth-order valence-electron chi connectivity index (χ4n) is 3.33. The van der Waals surface area contributed by atoms with Gasteiger partial charge in [-0.05, 0) is 24.3 Å². The molecule has 1 atom stereocenters. The number of fused-ring (bicyclic) bond motifs is 2. The zero-order valence-corrected chi connectivity index (χ0v) is 14.2. The minimum absolute atomic E-state index is 0.109. The standard InChI is InChI=1S/C19H13BrN2O2/c1-2-9-22-17-8-7-12(20)10-14(17)19(24,18(22)23)15-11-21-16-6-4-3-5-13(15)16/h1,3-8,10-11,21,24H,9H2/t19-/m0/s1. The lowest BCUT2D eigenvalue weighted by Gasteiger charge is -2.22. The molecule has 2 N–H and O–H groups in total.